The zero-order chi connectivity index (χ0) is 52.6. The van der Waals surface area contributed by atoms with E-state index in [4.69, 9.17) is 29.9 Å². The maximum absolute atomic E-state index is 4.87. The highest BCUT2D eigenvalue weighted by Gasteiger charge is 2.40. The first-order chi connectivity index (χ1) is 33.4. The van der Waals surface area contributed by atoms with Gasteiger partial charge in [-0.25, -0.2) is 0 Å². The summed E-state index contributed by atoms with van der Waals surface area (Å²) in [5, 5.41) is 36.8. The van der Waals surface area contributed by atoms with Crippen LogP contribution < -0.4 is 53.2 Å². The first-order valence-electron chi connectivity index (χ1n) is 28.5. The van der Waals surface area contributed by atoms with Crippen LogP contribution in [0.25, 0.3) is 0 Å². The Kier molecular flexibility index (Phi) is 19.1. The summed E-state index contributed by atoms with van der Waals surface area (Å²) in [4.78, 5) is 29.2. The maximum Gasteiger partial charge on any atom is 0.229 e. The minimum atomic E-state index is 0.130. The summed E-state index contributed by atoms with van der Waals surface area (Å²) in [6.07, 6.45) is 17.8. The number of hydrogen-bond acceptors (Lipinski definition) is 16. The number of nitrogens with zero attached hydrogens (tertiary/aromatic N) is 6. The quantitative estimate of drug-likeness (QED) is 0.0421. The maximum atomic E-state index is 4.87. The Morgan fingerprint density at radius 1 is 0.278 bits per heavy atom. The molecule has 0 saturated carbocycles. The smallest absolute Gasteiger partial charge is 0.229 e. The molecule has 0 bridgehead atoms. The molecule has 4 aliphatic heterocycles. The van der Waals surface area contributed by atoms with Crippen molar-refractivity contribution in [2.45, 2.75) is 258 Å². The number of anilines is 6. The molecule has 0 amide bonds. The first kappa shape index (κ1) is 57.9. The van der Waals surface area contributed by atoms with Gasteiger partial charge in [0.15, 0.2) is 0 Å². The second kappa shape index (κ2) is 23.7. The lowest BCUT2D eigenvalue weighted by molar-refractivity contribution is 0.125. The third-order valence-electron chi connectivity index (χ3n) is 15.4. The van der Waals surface area contributed by atoms with Crippen LogP contribution in [0.15, 0.2) is 0 Å². The summed E-state index contributed by atoms with van der Waals surface area (Å²) >= 11 is 0. The van der Waals surface area contributed by atoms with Crippen molar-refractivity contribution in [3.8, 4) is 0 Å². The average Bonchev–Trinajstić information content (AvgIpc) is 3.17. The van der Waals surface area contributed by atoms with Gasteiger partial charge in [0.25, 0.3) is 0 Å². The summed E-state index contributed by atoms with van der Waals surface area (Å²) in [5.74, 6) is 6.34. The third kappa shape index (κ3) is 20.1. The molecule has 0 spiro atoms. The minimum Gasteiger partial charge on any atom is -0.354 e. The molecular formula is C56H106N16. The van der Waals surface area contributed by atoms with Crippen LogP contribution in [-0.2, 0) is 0 Å². The van der Waals surface area contributed by atoms with Gasteiger partial charge in [-0.15, -0.1) is 0 Å². The van der Waals surface area contributed by atoms with E-state index in [-0.39, 0.29) is 44.3 Å². The molecule has 6 rings (SSSR count). The van der Waals surface area contributed by atoms with E-state index in [1.807, 2.05) is 0 Å². The summed E-state index contributed by atoms with van der Waals surface area (Å²) in [6, 6.07) is 0. The standard InChI is InChI=1S/C56H106N16/c1-49(2)31-39(32-50(3,4)69-49)21-27-59-45-63-43(64-46(67-45)60-28-22-40-33-51(5,6)70-52(7,8)34-40)57-25-19-17-18-20-26-58-44-65-47(61-29-23-41-35-53(9,10)71-54(11,12)36-41)68-48(66-44)62-30-24-42-37-55(13,14)72-56(15,16)38-42/h39-42,69-72H,17-38H2,1-16H3,(H3,57,59,60,63,64,67)(H3,58,61,62,65,66,68). The fourth-order valence-corrected chi connectivity index (χ4v) is 14.7. The highest BCUT2D eigenvalue weighted by atomic mass is 15.3. The van der Waals surface area contributed by atoms with E-state index < -0.39 is 0 Å². The SMILES string of the molecule is CC1(C)CC(CCNc2nc(NCCCCCCNc3nc(NCCC4CC(C)(C)NC(C)(C)C4)nc(NCCC4CC(C)(C)NC(C)(C)C4)n3)nc(NCCC3CC(C)(C)NC(C)(C)C3)n2)CC(C)(C)N1. The van der Waals surface area contributed by atoms with E-state index in [9.17, 15) is 0 Å². The third-order valence-corrected chi connectivity index (χ3v) is 15.4. The molecule has 2 aromatic heterocycles. The largest absolute Gasteiger partial charge is 0.354 e. The van der Waals surface area contributed by atoms with E-state index in [0.717, 1.165) is 142 Å². The molecule has 0 radical (unpaired) electrons. The zero-order valence-electron chi connectivity index (χ0n) is 48.5. The van der Waals surface area contributed by atoms with Crippen molar-refractivity contribution in [3.63, 3.8) is 0 Å². The highest BCUT2D eigenvalue weighted by molar-refractivity contribution is 5.43. The van der Waals surface area contributed by atoms with Crippen LogP contribution in [-0.4, -0.2) is 113 Å². The van der Waals surface area contributed by atoms with Gasteiger partial charge in [-0.1, -0.05) is 12.8 Å². The number of nitrogens with one attached hydrogen (secondary N) is 10. The summed E-state index contributed by atoms with van der Waals surface area (Å²) in [6.45, 7) is 42.2. The van der Waals surface area contributed by atoms with Crippen LogP contribution in [0.5, 0.6) is 0 Å². The average molecular weight is 1000 g/mol. The molecule has 0 aliphatic carbocycles. The number of unbranched alkanes of at least 4 members (excludes halogenated alkanes) is 3. The van der Waals surface area contributed by atoms with E-state index in [1.54, 1.807) is 0 Å². The van der Waals surface area contributed by atoms with Crippen LogP contribution in [0.2, 0.25) is 0 Å². The van der Waals surface area contributed by atoms with Gasteiger partial charge >= 0.3 is 0 Å². The normalized spacial score (nSPS) is 23.5. The molecule has 410 valence electrons. The number of piperidine rings is 4. The Morgan fingerprint density at radius 2 is 0.444 bits per heavy atom. The van der Waals surface area contributed by atoms with Crippen molar-refractivity contribution < 1.29 is 0 Å². The number of rotatable bonds is 25. The van der Waals surface area contributed by atoms with Gasteiger partial charge in [-0.3, -0.25) is 0 Å². The molecule has 2 aromatic rings. The lowest BCUT2D eigenvalue weighted by atomic mass is 9.75. The number of aromatic nitrogens is 6. The summed E-state index contributed by atoms with van der Waals surface area (Å²) in [7, 11) is 0. The molecule has 6 heterocycles. The molecule has 0 atom stereocenters. The summed E-state index contributed by atoms with van der Waals surface area (Å²) in [5.41, 5.74) is 1.04. The van der Waals surface area contributed by atoms with E-state index in [0.29, 0.717) is 59.4 Å². The van der Waals surface area contributed by atoms with Gasteiger partial charge in [0.2, 0.25) is 35.7 Å². The van der Waals surface area contributed by atoms with Gasteiger partial charge in [0.05, 0.1) is 0 Å². The van der Waals surface area contributed by atoms with Crippen molar-refractivity contribution in [1.82, 2.24) is 51.2 Å². The van der Waals surface area contributed by atoms with E-state index in [2.05, 4.69) is 164 Å². The van der Waals surface area contributed by atoms with Gasteiger partial charge in [-0.05, 0) is 224 Å². The molecule has 4 saturated heterocycles. The number of hydrogen-bond donors (Lipinski definition) is 10. The van der Waals surface area contributed by atoms with Crippen LogP contribution in [0.3, 0.4) is 0 Å². The molecular weight excluding hydrogens is 897 g/mol. The van der Waals surface area contributed by atoms with Crippen LogP contribution >= 0.6 is 0 Å². The molecule has 16 heteroatoms. The van der Waals surface area contributed by atoms with Crippen molar-refractivity contribution in [1.29, 1.82) is 0 Å². The second-order valence-electron chi connectivity index (χ2n) is 28.4. The van der Waals surface area contributed by atoms with Crippen molar-refractivity contribution >= 4 is 35.7 Å². The van der Waals surface area contributed by atoms with E-state index >= 15 is 0 Å². The molecule has 0 aromatic carbocycles. The van der Waals surface area contributed by atoms with Crippen LogP contribution in [0, 0.1) is 23.7 Å². The van der Waals surface area contributed by atoms with Gasteiger partial charge < -0.3 is 53.2 Å². The Labute approximate surface area is 438 Å². The highest BCUT2D eigenvalue weighted by Crippen LogP contribution is 2.38. The van der Waals surface area contributed by atoms with Gasteiger partial charge in [-0.2, -0.15) is 29.9 Å². The zero-order valence-corrected chi connectivity index (χ0v) is 48.5. The predicted octanol–water partition coefficient (Wildman–Crippen LogP) is 10.6. The monoisotopic (exact) mass is 1000 g/mol. The summed E-state index contributed by atoms with van der Waals surface area (Å²) < 4.78 is 0. The molecule has 10 N–H and O–H groups in total. The Hall–Kier alpha value is -3.34. The second-order valence-corrected chi connectivity index (χ2v) is 28.4. The van der Waals surface area contributed by atoms with Crippen molar-refractivity contribution in [3.05, 3.63) is 0 Å². The Morgan fingerprint density at radius 3 is 0.625 bits per heavy atom. The van der Waals surface area contributed by atoms with Crippen molar-refractivity contribution in [2.75, 3.05) is 71.2 Å². The van der Waals surface area contributed by atoms with Crippen LogP contribution in [0.4, 0.5) is 35.7 Å². The van der Waals surface area contributed by atoms with Gasteiger partial charge in [0, 0.05) is 83.6 Å². The predicted molar refractivity (Wildman–Crippen MR) is 304 cm³/mol. The molecule has 4 aliphatic rings. The Balaban J connectivity index is 0.989. The van der Waals surface area contributed by atoms with Crippen molar-refractivity contribution in [2.24, 2.45) is 23.7 Å². The van der Waals surface area contributed by atoms with E-state index in [1.165, 1.54) is 0 Å². The van der Waals surface area contributed by atoms with Crippen LogP contribution in [0.1, 0.15) is 214 Å². The molecule has 16 nitrogen and oxygen atoms in total. The first-order valence-corrected chi connectivity index (χ1v) is 28.5. The topological polar surface area (TPSA) is 198 Å². The lowest BCUT2D eigenvalue weighted by Crippen LogP contribution is -2.57. The fourth-order valence-electron chi connectivity index (χ4n) is 14.7. The lowest BCUT2D eigenvalue weighted by Gasteiger charge is -2.46. The Bertz CT molecular complexity index is 1680. The van der Waals surface area contributed by atoms with Gasteiger partial charge in [0.1, 0.15) is 0 Å². The molecule has 4 fully saturated rings. The fraction of sp³-hybridized carbons (Fsp3) is 0.893. The molecule has 72 heavy (non-hydrogen) atoms. The minimum absolute atomic E-state index is 0.130. The molecule has 0 unspecified atom stereocenters.